The van der Waals surface area contributed by atoms with E-state index in [4.69, 9.17) is 0 Å². The summed E-state index contributed by atoms with van der Waals surface area (Å²) in [5.41, 5.74) is 3.63. The number of carbonyl (C=O) groups is 2. The fourth-order valence-electron chi connectivity index (χ4n) is 3.99. The number of likely N-dealkylation sites (N-methyl/N-ethyl adjacent to an activating group) is 1. The molecule has 2 aromatic carbocycles. The van der Waals surface area contributed by atoms with Crippen LogP contribution in [0.15, 0.2) is 48.5 Å². The second kappa shape index (κ2) is 12.6. The van der Waals surface area contributed by atoms with Crippen LogP contribution in [0.4, 0.5) is 5.69 Å². The van der Waals surface area contributed by atoms with E-state index in [1.807, 2.05) is 69.3 Å². The van der Waals surface area contributed by atoms with Gasteiger partial charge in [-0.25, -0.2) is 8.42 Å². The highest BCUT2D eigenvalue weighted by molar-refractivity contribution is 7.92. The van der Waals surface area contributed by atoms with Crippen molar-refractivity contribution in [2.75, 3.05) is 30.2 Å². The minimum atomic E-state index is -3.51. The zero-order valence-electron chi connectivity index (χ0n) is 20.9. The van der Waals surface area contributed by atoms with E-state index in [0.717, 1.165) is 16.7 Å². The fourth-order valence-corrected chi connectivity index (χ4v) is 4.94. The molecule has 2 amide bonds. The molecule has 7 nitrogen and oxygen atoms in total. The van der Waals surface area contributed by atoms with Gasteiger partial charge in [-0.2, -0.15) is 0 Å². The summed E-state index contributed by atoms with van der Waals surface area (Å²) in [5, 5.41) is 2.78. The van der Waals surface area contributed by atoms with Crippen molar-refractivity contribution in [1.29, 1.82) is 0 Å². The van der Waals surface area contributed by atoms with Crippen LogP contribution in [0.1, 0.15) is 43.4 Å². The minimum Gasteiger partial charge on any atom is -0.355 e. The van der Waals surface area contributed by atoms with E-state index in [1.165, 1.54) is 10.6 Å². The molecule has 0 saturated carbocycles. The number of nitrogens with one attached hydrogen (secondary N) is 1. The minimum absolute atomic E-state index is 0.148. The molecule has 0 aromatic heterocycles. The lowest BCUT2D eigenvalue weighted by molar-refractivity contribution is -0.139. The highest BCUT2D eigenvalue weighted by Crippen LogP contribution is 2.22. The monoisotopic (exact) mass is 487 g/mol. The van der Waals surface area contributed by atoms with E-state index in [2.05, 4.69) is 5.32 Å². The van der Waals surface area contributed by atoms with Gasteiger partial charge in [0.05, 0.1) is 11.9 Å². The summed E-state index contributed by atoms with van der Waals surface area (Å²) >= 11 is 0. The molecule has 0 aliphatic heterocycles. The van der Waals surface area contributed by atoms with Gasteiger partial charge in [0, 0.05) is 26.1 Å². The molecule has 1 N–H and O–H groups in total. The van der Waals surface area contributed by atoms with Crippen LogP contribution in [-0.4, -0.2) is 57.1 Å². The normalized spacial score (nSPS) is 12.1. The summed E-state index contributed by atoms with van der Waals surface area (Å²) in [6, 6.07) is 14.9. The molecule has 2 rings (SSSR count). The number of anilines is 1. The van der Waals surface area contributed by atoms with Crippen molar-refractivity contribution in [1.82, 2.24) is 10.2 Å². The molecular formula is C26H37N3O4S. The van der Waals surface area contributed by atoms with Gasteiger partial charge in [-0.05, 0) is 69.4 Å². The zero-order valence-corrected chi connectivity index (χ0v) is 21.7. The Hall–Kier alpha value is -2.87. The van der Waals surface area contributed by atoms with E-state index in [9.17, 15) is 18.0 Å². The van der Waals surface area contributed by atoms with Crippen molar-refractivity contribution in [2.24, 2.45) is 0 Å². The Kier molecular flexibility index (Phi) is 10.1. The SMILES string of the molecule is CCNC(=O)[C@H](C)N(CCc1ccccc1)C(=O)CCCN(c1cc(C)cc(C)c1)S(C)(=O)=O. The number of amides is 2. The molecule has 0 unspecified atom stereocenters. The van der Waals surface area contributed by atoms with Gasteiger partial charge in [0.2, 0.25) is 21.8 Å². The number of rotatable bonds is 12. The Morgan fingerprint density at radius 2 is 1.62 bits per heavy atom. The summed E-state index contributed by atoms with van der Waals surface area (Å²) in [5.74, 6) is -0.361. The van der Waals surface area contributed by atoms with Gasteiger partial charge in [-0.15, -0.1) is 0 Å². The van der Waals surface area contributed by atoms with E-state index in [0.29, 0.717) is 31.6 Å². The van der Waals surface area contributed by atoms with Crippen LogP contribution >= 0.6 is 0 Å². The molecule has 0 aliphatic carbocycles. The van der Waals surface area contributed by atoms with Gasteiger partial charge in [0.1, 0.15) is 6.04 Å². The van der Waals surface area contributed by atoms with Crippen molar-refractivity contribution in [3.63, 3.8) is 0 Å². The Balaban J connectivity index is 2.11. The van der Waals surface area contributed by atoms with E-state index >= 15 is 0 Å². The second-order valence-electron chi connectivity index (χ2n) is 8.68. The predicted molar refractivity (Wildman–Crippen MR) is 137 cm³/mol. The van der Waals surface area contributed by atoms with Gasteiger partial charge >= 0.3 is 0 Å². The summed E-state index contributed by atoms with van der Waals surface area (Å²) in [7, 11) is -3.51. The van der Waals surface area contributed by atoms with E-state index < -0.39 is 16.1 Å². The Morgan fingerprint density at radius 1 is 1.00 bits per heavy atom. The Morgan fingerprint density at radius 3 is 2.18 bits per heavy atom. The van der Waals surface area contributed by atoms with Crippen LogP contribution in [-0.2, 0) is 26.0 Å². The molecule has 186 valence electrons. The smallest absolute Gasteiger partial charge is 0.242 e. The molecule has 34 heavy (non-hydrogen) atoms. The van der Waals surface area contributed by atoms with Crippen molar-refractivity contribution < 1.29 is 18.0 Å². The third-order valence-corrected chi connectivity index (χ3v) is 6.84. The topological polar surface area (TPSA) is 86.8 Å². The van der Waals surface area contributed by atoms with E-state index in [-0.39, 0.29) is 24.8 Å². The van der Waals surface area contributed by atoms with Crippen LogP contribution in [0.3, 0.4) is 0 Å². The zero-order chi connectivity index (χ0) is 25.3. The predicted octanol–water partition coefficient (Wildman–Crippen LogP) is 3.45. The number of nitrogens with zero attached hydrogens (tertiary/aromatic N) is 2. The van der Waals surface area contributed by atoms with Gasteiger partial charge in [0.15, 0.2) is 0 Å². The first-order valence-electron chi connectivity index (χ1n) is 11.7. The number of benzene rings is 2. The van der Waals surface area contributed by atoms with Crippen LogP contribution in [0.5, 0.6) is 0 Å². The molecule has 0 aliphatic rings. The molecule has 2 aromatic rings. The first-order valence-corrected chi connectivity index (χ1v) is 13.5. The molecule has 1 atom stereocenters. The van der Waals surface area contributed by atoms with E-state index in [1.54, 1.807) is 11.8 Å². The third kappa shape index (κ3) is 8.17. The maximum Gasteiger partial charge on any atom is 0.242 e. The highest BCUT2D eigenvalue weighted by Gasteiger charge is 2.26. The third-order valence-electron chi connectivity index (χ3n) is 5.65. The summed E-state index contributed by atoms with van der Waals surface area (Å²) in [4.78, 5) is 27.2. The molecule has 0 saturated heterocycles. The maximum absolute atomic E-state index is 13.2. The summed E-state index contributed by atoms with van der Waals surface area (Å²) in [6.07, 6.45) is 2.31. The number of sulfonamides is 1. The van der Waals surface area contributed by atoms with Crippen molar-refractivity contribution in [2.45, 2.75) is 53.0 Å². The number of hydrogen-bond acceptors (Lipinski definition) is 4. The number of hydrogen-bond donors (Lipinski definition) is 1. The molecular weight excluding hydrogens is 450 g/mol. The van der Waals surface area contributed by atoms with Crippen LogP contribution < -0.4 is 9.62 Å². The molecule has 0 radical (unpaired) electrons. The fraction of sp³-hybridized carbons (Fsp3) is 0.462. The van der Waals surface area contributed by atoms with Crippen molar-refractivity contribution in [3.05, 3.63) is 65.2 Å². The van der Waals surface area contributed by atoms with Crippen LogP contribution in [0.25, 0.3) is 0 Å². The lowest BCUT2D eigenvalue weighted by Crippen LogP contribution is -2.48. The van der Waals surface area contributed by atoms with Gasteiger partial charge in [-0.1, -0.05) is 36.4 Å². The average molecular weight is 488 g/mol. The van der Waals surface area contributed by atoms with Crippen molar-refractivity contribution in [3.8, 4) is 0 Å². The molecule has 8 heteroatoms. The summed E-state index contributed by atoms with van der Waals surface area (Å²) in [6.45, 7) is 8.51. The van der Waals surface area contributed by atoms with Gasteiger partial charge in [0.25, 0.3) is 0 Å². The first-order chi connectivity index (χ1) is 16.0. The molecule has 0 spiro atoms. The molecule has 0 fully saturated rings. The largest absolute Gasteiger partial charge is 0.355 e. The maximum atomic E-state index is 13.2. The molecule has 0 bridgehead atoms. The second-order valence-corrected chi connectivity index (χ2v) is 10.6. The quantitative estimate of drug-likeness (QED) is 0.497. The number of aryl methyl sites for hydroxylation is 2. The molecule has 0 heterocycles. The lowest BCUT2D eigenvalue weighted by atomic mass is 10.1. The standard InChI is InChI=1S/C26H37N3O4S/c1-6-27-26(31)22(4)28(16-14-23-11-8-7-9-12-23)25(30)13-10-15-29(34(5,32)33)24-18-20(2)17-21(3)19-24/h7-9,11-12,17-19,22H,6,10,13-16H2,1-5H3,(H,27,31)/t22-/m0/s1. The van der Waals surface area contributed by atoms with Crippen LogP contribution in [0.2, 0.25) is 0 Å². The first kappa shape index (κ1) is 27.4. The van der Waals surface area contributed by atoms with Crippen LogP contribution in [0, 0.1) is 13.8 Å². The van der Waals surface area contributed by atoms with Crippen molar-refractivity contribution >= 4 is 27.5 Å². The highest BCUT2D eigenvalue weighted by atomic mass is 32.2. The lowest BCUT2D eigenvalue weighted by Gasteiger charge is -2.29. The van der Waals surface area contributed by atoms with Gasteiger partial charge < -0.3 is 10.2 Å². The Bertz CT molecular complexity index is 1050. The Labute approximate surface area is 204 Å². The van der Waals surface area contributed by atoms with Gasteiger partial charge in [-0.3, -0.25) is 13.9 Å². The average Bonchev–Trinajstić information content (AvgIpc) is 2.76. The number of carbonyl (C=O) groups excluding carboxylic acids is 2. The summed E-state index contributed by atoms with van der Waals surface area (Å²) < 4.78 is 26.3.